The van der Waals surface area contributed by atoms with Gasteiger partial charge in [0.25, 0.3) is 5.95 Å². The molecule has 2 heterocycles. The van der Waals surface area contributed by atoms with Gasteiger partial charge >= 0.3 is 5.97 Å². The summed E-state index contributed by atoms with van der Waals surface area (Å²) in [5.74, 6) is -1.34. The van der Waals surface area contributed by atoms with Crippen molar-refractivity contribution in [2.75, 3.05) is 24.8 Å². The van der Waals surface area contributed by atoms with Crippen molar-refractivity contribution in [3.63, 3.8) is 0 Å². The molecule has 11 heteroatoms. The molecule has 10 nitrogen and oxygen atoms in total. The number of aromatic nitrogens is 4. The number of ether oxygens (including phenoxy) is 1. The molecule has 0 fully saturated rings. The van der Waals surface area contributed by atoms with Crippen LogP contribution in [-0.2, 0) is 6.54 Å². The minimum absolute atomic E-state index is 0.0118. The van der Waals surface area contributed by atoms with E-state index in [0.29, 0.717) is 29.1 Å². The van der Waals surface area contributed by atoms with E-state index in [1.54, 1.807) is 6.07 Å². The number of aliphatic hydroxyl groups excluding tert-OH is 1. The number of nitrogen functional groups attached to an aromatic ring is 1. The number of halogens is 1. The fraction of sp³-hybridized carbons (Fsp3) is 0.400. The number of hydrogen-bond donors (Lipinski definition) is 4. The van der Waals surface area contributed by atoms with Gasteiger partial charge in [-0.05, 0) is 25.0 Å². The lowest BCUT2D eigenvalue weighted by Crippen LogP contribution is -2.22. The van der Waals surface area contributed by atoms with Gasteiger partial charge in [0.2, 0.25) is 5.95 Å². The van der Waals surface area contributed by atoms with Crippen molar-refractivity contribution in [1.82, 2.24) is 19.7 Å². The van der Waals surface area contributed by atoms with Crippen molar-refractivity contribution in [2.45, 2.75) is 38.8 Å². The number of carboxylic acid groups (broad SMARTS) is 1. The summed E-state index contributed by atoms with van der Waals surface area (Å²) in [5.41, 5.74) is 6.73. The van der Waals surface area contributed by atoms with E-state index in [1.165, 1.54) is 23.9 Å². The van der Waals surface area contributed by atoms with Crippen LogP contribution in [0.4, 0.5) is 16.2 Å². The highest BCUT2D eigenvalue weighted by molar-refractivity contribution is 5.88. The number of carbonyl (C=O) groups is 1. The average Bonchev–Trinajstić information content (AvgIpc) is 3.03. The Kier molecular flexibility index (Phi) is 6.85. The molecule has 31 heavy (non-hydrogen) atoms. The van der Waals surface area contributed by atoms with Crippen LogP contribution in [0.5, 0.6) is 5.75 Å². The van der Waals surface area contributed by atoms with Crippen LogP contribution in [0.2, 0.25) is 0 Å². The van der Waals surface area contributed by atoms with Crippen LogP contribution in [0.3, 0.4) is 0 Å². The van der Waals surface area contributed by atoms with Gasteiger partial charge in [-0.1, -0.05) is 19.4 Å². The quantitative estimate of drug-likeness (QED) is 0.378. The van der Waals surface area contributed by atoms with Crippen LogP contribution < -0.4 is 15.8 Å². The van der Waals surface area contributed by atoms with Crippen LogP contribution >= 0.6 is 0 Å². The van der Waals surface area contributed by atoms with Crippen LogP contribution in [0, 0.1) is 5.95 Å². The molecule has 5 N–H and O–H groups in total. The molecule has 0 aliphatic carbocycles. The van der Waals surface area contributed by atoms with Crippen LogP contribution in [-0.4, -0.2) is 55.7 Å². The molecular weight excluding hydrogens is 407 g/mol. The highest BCUT2D eigenvalue weighted by atomic mass is 19.1. The maximum Gasteiger partial charge on any atom is 0.335 e. The summed E-state index contributed by atoms with van der Waals surface area (Å²) in [6, 6.07) is 4.33. The molecule has 0 spiro atoms. The predicted molar refractivity (Wildman–Crippen MR) is 113 cm³/mol. The molecule has 0 unspecified atom stereocenters. The number of anilines is 2. The summed E-state index contributed by atoms with van der Waals surface area (Å²) in [6.45, 7) is 2.10. The third-order valence-electron chi connectivity index (χ3n) is 4.87. The largest absolute Gasteiger partial charge is 0.496 e. The van der Waals surface area contributed by atoms with Crippen molar-refractivity contribution in [3.05, 3.63) is 35.3 Å². The first-order chi connectivity index (χ1) is 14.9. The molecule has 0 aliphatic heterocycles. The molecule has 1 aromatic carbocycles. The van der Waals surface area contributed by atoms with Gasteiger partial charge in [0.15, 0.2) is 11.3 Å². The van der Waals surface area contributed by atoms with Gasteiger partial charge < -0.3 is 26.0 Å². The van der Waals surface area contributed by atoms with Gasteiger partial charge in [0, 0.05) is 18.2 Å². The number of benzene rings is 1. The van der Waals surface area contributed by atoms with Crippen molar-refractivity contribution in [3.8, 4) is 5.75 Å². The number of methoxy groups -OCH3 is 1. The monoisotopic (exact) mass is 432 g/mol. The summed E-state index contributed by atoms with van der Waals surface area (Å²) in [5, 5.41) is 25.7. The maximum absolute atomic E-state index is 14.6. The Labute approximate surface area is 177 Å². The number of nitrogens with zero attached hydrogens (tertiary/aromatic N) is 4. The van der Waals surface area contributed by atoms with Gasteiger partial charge in [0.05, 0.1) is 19.2 Å². The van der Waals surface area contributed by atoms with E-state index < -0.39 is 11.9 Å². The average molecular weight is 432 g/mol. The summed E-state index contributed by atoms with van der Waals surface area (Å²) in [7, 11) is 1.42. The summed E-state index contributed by atoms with van der Waals surface area (Å²) < 4.78 is 21.3. The Morgan fingerprint density at radius 3 is 2.77 bits per heavy atom. The fourth-order valence-corrected chi connectivity index (χ4v) is 3.43. The van der Waals surface area contributed by atoms with Crippen LogP contribution in [0.25, 0.3) is 11.0 Å². The number of hydrogen-bond acceptors (Lipinski definition) is 8. The van der Waals surface area contributed by atoms with Crippen molar-refractivity contribution < 1.29 is 24.1 Å². The van der Waals surface area contributed by atoms with Crippen molar-refractivity contribution in [1.29, 1.82) is 0 Å². The van der Waals surface area contributed by atoms with E-state index in [9.17, 15) is 19.4 Å². The molecule has 0 saturated heterocycles. The number of aliphatic hydroxyl groups is 1. The molecular formula is C20H25FN6O4. The summed E-state index contributed by atoms with van der Waals surface area (Å²) >= 11 is 0. The Hall–Kier alpha value is -3.47. The maximum atomic E-state index is 14.6. The predicted octanol–water partition coefficient (Wildman–Crippen LogP) is 2.27. The van der Waals surface area contributed by atoms with E-state index in [2.05, 4.69) is 20.4 Å². The molecule has 0 saturated carbocycles. The van der Waals surface area contributed by atoms with Gasteiger partial charge in [-0.3, -0.25) is 4.68 Å². The molecule has 1 atom stereocenters. The van der Waals surface area contributed by atoms with Crippen molar-refractivity contribution >= 4 is 28.8 Å². The minimum Gasteiger partial charge on any atom is -0.496 e. The lowest BCUT2D eigenvalue weighted by atomic mass is 10.1. The van der Waals surface area contributed by atoms with Gasteiger partial charge in [0.1, 0.15) is 11.3 Å². The van der Waals surface area contributed by atoms with E-state index in [1.807, 2.05) is 6.92 Å². The molecule has 3 aromatic rings. The zero-order valence-electron chi connectivity index (χ0n) is 17.3. The van der Waals surface area contributed by atoms with E-state index in [4.69, 9.17) is 10.5 Å². The highest BCUT2D eigenvalue weighted by Crippen LogP contribution is 2.28. The Balaban J connectivity index is 2.06. The molecule has 0 bridgehead atoms. The normalized spacial score (nSPS) is 12.1. The number of fused-ring (bicyclic) bond motifs is 1. The third kappa shape index (κ3) is 4.82. The number of nitrogens with one attached hydrogen (secondary N) is 1. The standard InChI is InChI=1S/C20H25FN6O4/c1-3-4-13(7-8-28)23-18-16-15(24-20(22)25-18)17(21)26-27(16)10-12-6-5-11(19(29)30)9-14(12)31-2/h5-6,9,13,28H,3-4,7-8,10H2,1-2H3,(H,29,30)(H3,22,23,24,25)/t13-/m0/s1. The first-order valence-corrected chi connectivity index (χ1v) is 9.85. The molecule has 0 amide bonds. The second-order valence-electron chi connectivity index (χ2n) is 7.05. The Morgan fingerprint density at radius 2 is 2.13 bits per heavy atom. The zero-order chi connectivity index (χ0) is 22.5. The summed E-state index contributed by atoms with van der Waals surface area (Å²) in [6.07, 6.45) is 2.13. The lowest BCUT2D eigenvalue weighted by Gasteiger charge is -2.19. The molecule has 0 aliphatic rings. The minimum atomic E-state index is -1.08. The van der Waals surface area contributed by atoms with Gasteiger partial charge in [-0.25, -0.2) is 9.78 Å². The number of aromatic carboxylic acids is 1. The zero-order valence-corrected chi connectivity index (χ0v) is 17.3. The Bertz CT molecular complexity index is 1080. The van der Waals surface area contributed by atoms with Crippen LogP contribution in [0.15, 0.2) is 18.2 Å². The number of nitrogens with two attached hydrogens (primary N) is 1. The molecule has 166 valence electrons. The first kappa shape index (κ1) is 22.2. The number of carboxylic acids is 1. The van der Waals surface area contributed by atoms with E-state index in [0.717, 1.165) is 12.8 Å². The Morgan fingerprint density at radius 1 is 1.35 bits per heavy atom. The first-order valence-electron chi connectivity index (χ1n) is 9.85. The second kappa shape index (κ2) is 9.56. The topological polar surface area (TPSA) is 148 Å². The van der Waals surface area contributed by atoms with E-state index in [-0.39, 0.29) is 36.2 Å². The third-order valence-corrected chi connectivity index (χ3v) is 4.87. The van der Waals surface area contributed by atoms with Crippen molar-refractivity contribution in [2.24, 2.45) is 0 Å². The second-order valence-corrected chi connectivity index (χ2v) is 7.05. The fourth-order valence-electron chi connectivity index (χ4n) is 3.43. The smallest absolute Gasteiger partial charge is 0.335 e. The van der Waals surface area contributed by atoms with E-state index >= 15 is 0 Å². The lowest BCUT2D eigenvalue weighted by molar-refractivity contribution is 0.0696. The number of rotatable bonds is 10. The SMILES string of the molecule is CCC[C@@H](CCO)Nc1nc(N)nc2c(F)nn(Cc3ccc(C(=O)O)cc3OC)c12. The molecule has 0 radical (unpaired) electrons. The molecule has 2 aromatic heterocycles. The van der Waals surface area contributed by atoms with Crippen LogP contribution in [0.1, 0.15) is 42.1 Å². The summed E-state index contributed by atoms with van der Waals surface area (Å²) in [4.78, 5) is 19.5. The van der Waals surface area contributed by atoms with Gasteiger partial charge in [-0.2, -0.15) is 9.37 Å². The van der Waals surface area contributed by atoms with Gasteiger partial charge in [-0.15, -0.1) is 5.10 Å². The highest BCUT2D eigenvalue weighted by Gasteiger charge is 2.21. The molecule has 3 rings (SSSR count).